The van der Waals surface area contributed by atoms with E-state index in [1.54, 1.807) is 12.1 Å². The van der Waals surface area contributed by atoms with Crippen LogP contribution >= 0.6 is 23.2 Å². The molecule has 19 heavy (non-hydrogen) atoms. The lowest BCUT2D eigenvalue weighted by Gasteiger charge is -2.06. The molecule has 1 N–H and O–H groups in total. The van der Waals surface area contributed by atoms with E-state index < -0.39 is 0 Å². The molecular weight excluding hydrogens is 285 g/mol. The standard InChI is InChI=1S/C14H13Cl2NO2/c1-7-12(9-4-5-10(15)11(16)6-9)13(8(2)17-7)14(18)19-3/h4-6,17H,1-3H3. The predicted molar refractivity (Wildman–Crippen MR) is 77.1 cm³/mol. The van der Waals surface area contributed by atoms with Gasteiger partial charge in [0.15, 0.2) is 0 Å². The molecule has 0 saturated heterocycles. The molecule has 0 aliphatic carbocycles. The van der Waals surface area contributed by atoms with Gasteiger partial charge < -0.3 is 9.72 Å². The summed E-state index contributed by atoms with van der Waals surface area (Å²) >= 11 is 11.9. The number of carbonyl (C=O) groups is 1. The maximum atomic E-state index is 11.9. The fourth-order valence-corrected chi connectivity index (χ4v) is 2.45. The molecule has 0 bridgehead atoms. The highest BCUT2D eigenvalue weighted by atomic mass is 35.5. The fraction of sp³-hybridized carbons (Fsp3) is 0.214. The molecule has 0 unspecified atom stereocenters. The number of hydrogen-bond acceptors (Lipinski definition) is 2. The van der Waals surface area contributed by atoms with Gasteiger partial charge in [-0.25, -0.2) is 4.79 Å². The van der Waals surface area contributed by atoms with Crippen LogP contribution in [0.5, 0.6) is 0 Å². The van der Waals surface area contributed by atoms with Crippen LogP contribution in [0.2, 0.25) is 10.0 Å². The number of aryl methyl sites for hydroxylation is 2. The SMILES string of the molecule is COC(=O)c1c(C)[nH]c(C)c1-c1ccc(Cl)c(Cl)c1. The van der Waals surface area contributed by atoms with Crippen molar-refractivity contribution in [3.05, 3.63) is 45.2 Å². The van der Waals surface area contributed by atoms with Gasteiger partial charge in [-0.3, -0.25) is 0 Å². The first-order chi connectivity index (χ1) is 8.95. The van der Waals surface area contributed by atoms with E-state index in [0.717, 1.165) is 22.5 Å². The van der Waals surface area contributed by atoms with Crippen LogP contribution in [0.15, 0.2) is 18.2 Å². The molecule has 2 aromatic rings. The lowest BCUT2D eigenvalue weighted by Crippen LogP contribution is -2.03. The third kappa shape index (κ3) is 2.48. The van der Waals surface area contributed by atoms with E-state index in [4.69, 9.17) is 27.9 Å². The number of nitrogens with one attached hydrogen (secondary N) is 1. The van der Waals surface area contributed by atoms with Crippen molar-refractivity contribution in [3.63, 3.8) is 0 Å². The normalized spacial score (nSPS) is 10.6. The molecule has 100 valence electrons. The van der Waals surface area contributed by atoms with Crippen LogP contribution in [-0.2, 0) is 4.74 Å². The van der Waals surface area contributed by atoms with Crippen LogP contribution in [0.1, 0.15) is 21.7 Å². The van der Waals surface area contributed by atoms with E-state index in [1.165, 1.54) is 7.11 Å². The molecule has 3 nitrogen and oxygen atoms in total. The van der Waals surface area contributed by atoms with Crippen LogP contribution in [0.4, 0.5) is 0 Å². The van der Waals surface area contributed by atoms with Crippen molar-refractivity contribution in [2.24, 2.45) is 0 Å². The number of H-pyrrole nitrogens is 1. The van der Waals surface area contributed by atoms with Gasteiger partial charge in [0.2, 0.25) is 0 Å². The van der Waals surface area contributed by atoms with E-state index in [2.05, 4.69) is 4.98 Å². The summed E-state index contributed by atoms with van der Waals surface area (Å²) in [4.78, 5) is 15.0. The van der Waals surface area contributed by atoms with Crippen LogP contribution in [0.25, 0.3) is 11.1 Å². The van der Waals surface area contributed by atoms with E-state index in [0.29, 0.717) is 15.6 Å². The van der Waals surface area contributed by atoms with Crippen molar-refractivity contribution in [3.8, 4) is 11.1 Å². The van der Waals surface area contributed by atoms with Crippen LogP contribution < -0.4 is 0 Å². The average Bonchev–Trinajstić information content (AvgIpc) is 2.67. The molecule has 1 heterocycles. The molecule has 1 aromatic carbocycles. The minimum Gasteiger partial charge on any atom is -0.465 e. The van der Waals surface area contributed by atoms with Gasteiger partial charge in [-0.05, 0) is 31.5 Å². The van der Waals surface area contributed by atoms with E-state index in [9.17, 15) is 4.79 Å². The maximum Gasteiger partial charge on any atom is 0.340 e. The maximum absolute atomic E-state index is 11.9. The topological polar surface area (TPSA) is 42.1 Å². The number of aromatic nitrogens is 1. The predicted octanol–water partition coefficient (Wildman–Crippen LogP) is 4.39. The van der Waals surface area contributed by atoms with Crippen LogP contribution in [-0.4, -0.2) is 18.1 Å². The van der Waals surface area contributed by atoms with Crippen molar-refractivity contribution < 1.29 is 9.53 Å². The number of halogens is 2. The first-order valence-electron chi connectivity index (χ1n) is 5.68. The first kappa shape index (κ1) is 14.0. The number of aromatic amines is 1. The molecule has 5 heteroatoms. The molecule has 0 aliphatic heterocycles. The zero-order valence-corrected chi connectivity index (χ0v) is 12.3. The average molecular weight is 298 g/mol. The molecular formula is C14H13Cl2NO2. The minimum atomic E-state index is -0.372. The lowest BCUT2D eigenvalue weighted by molar-refractivity contribution is 0.0601. The second-order valence-electron chi connectivity index (χ2n) is 4.25. The van der Waals surface area contributed by atoms with E-state index in [1.807, 2.05) is 19.9 Å². The molecule has 0 radical (unpaired) electrons. The Hall–Kier alpha value is -1.45. The van der Waals surface area contributed by atoms with Gasteiger partial charge >= 0.3 is 5.97 Å². The molecule has 0 spiro atoms. The summed E-state index contributed by atoms with van der Waals surface area (Å²) in [6, 6.07) is 5.28. The zero-order valence-electron chi connectivity index (χ0n) is 10.8. The number of hydrogen-bond donors (Lipinski definition) is 1. The number of rotatable bonds is 2. The Morgan fingerprint density at radius 2 is 1.84 bits per heavy atom. The van der Waals surface area contributed by atoms with Crippen LogP contribution in [0.3, 0.4) is 0 Å². The van der Waals surface area contributed by atoms with Crippen molar-refractivity contribution >= 4 is 29.2 Å². The first-order valence-corrected chi connectivity index (χ1v) is 6.44. The van der Waals surface area contributed by atoms with Crippen LogP contribution in [0, 0.1) is 13.8 Å². The Balaban J connectivity index is 2.67. The Bertz CT molecular complexity index is 647. The van der Waals surface area contributed by atoms with Gasteiger partial charge in [0.1, 0.15) is 0 Å². The monoisotopic (exact) mass is 297 g/mol. The number of ether oxygens (including phenoxy) is 1. The van der Waals surface area contributed by atoms with Crippen molar-refractivity contribution in [1.82, 2.24) is 4.98 Å². The van der Waals surface area contributed by atoms with Gasteiger partial charge in [-0.1, -0.05) is 29.3 Å². The second kappa shape index (κ2) is 5.27. The number of benzene rings is 1. The Labute approximate surface area is 121 Å². The molecule has 1 aromatic heterocycles. The molecule has 0 atom stereocenters. The highest BCUT2D eigenvalue weighted by Crippen LogP contribution is 2.34. The van der Waals surface area contributed by atoms with Gasteiger partial charge in [-0.2, -0.15) is 0 Å². The second-order valence-corrected chi connectivity index (χ2v) is 5.06. The lowest BCUT2D eigenvalue weighted by atomic mass is 10.0. The summed E-state index contributed by atoms with van der Waals surface area (Å²) in [5.41, 5.74) is 3.81. The van der Waals surface area contributed by atoms with Gasteiger partial charge in [0.25, 0.3) is 0 Å². The summed E-state index contributed by atoms with van der Waals surface area (Å²) in [7, 11) is 1.36. The van der Waals surface area contributed by atoms with E-state index >= 15 is 0 Å². The summed E-state index contributed by atoms with van der Waals surface area (Å²) in [6.45, 7) is 3.73. The smallest absolute Gasteiger partial charge is 0.340 e. The highest BCUT2D eigenvalue weighted by Gasteiger charge is 2.21. The molecule has 0 amide bonds. The Morgan fingerprint density at radius 1 is 1.16 bits per heavy atom. The highest BCUT2D eigenvalue weighted by molar-refractivity contribution is 6.42. The summed E-state index contributed by atoms with van der Waals surface area (Å²) < 4.78 is 4.83. The molecule has 0 fully saturated rings. The quantitative estimate of drug-likeness (QED) is 0.835. The third-order valence-electron chi connectivity index (χ3n) is 2.97. The Morgan fingerprint density at radius 3 is 2.42 bits per heavy atom. The van der Waals surface area contributed by atoms with Gasteiger partial charge in [0.05, 0.1) is 22.7 Å². The summed E-state index contributed by atoms with van der Waals surface area (Å²) in [5, 5.41) is 0.934. The minimum absolute atomic E-state index is 0.372. The van der Waals surface area contributed by atoms with Gasteiger partial charge in [0, 0.05) is 17.0 Å². The molecule has 2 rings (SSSR count). The summed E-state index contributed by atoms with van der Waals surface area (Å²) in [6.07, 6.45) is 0. The summed E-state index contributed by atoms with van der Waals surface area (Å²) in [5.74, 6) is -0.372. The number of methoxy groups -OCH3 is 1. The van der Waals surface area contributed by atoms with Gasteiger partial charge in [-0.15, -0.1) is 0 Å². The van der Waals surface area contributed by atoms with Crippen molar-refractivity contribution in [2.75, 3.05) is 7.11 Å². The number of esters is 1. The Kier molecular flexibility index (Phi) is 3.88. The zero-order chi connectivity index (χ0) is 14.2. The number of carbonyl (C=O) groups excluding carboxylic acids is 1. The molecule has 0 saturated carbocycles. The van der Waals surface area contributed by atoms with Crippen molar-refractivity contribution in [2.45, 2.75) is 13.8 Å². The third-order valence-corrected chi connectivity index (χ3v) is 3.71. The fourth-order valence-electron chi connectivity index (χ4n) is 2.15. The van der Waals surface area contributed by atoms with E-state index in [-0.39, 0.29) is 5.97 Å². The molecule has 0 aliphatic rings. The van der Waals surface area contributed by atoms with Crippen molar-refractivity contribution in [1.29, 1.82) is 0 Å². The largest absolute Gasteiger partial charge is 0.465 e.